The molecule has 0 heterocycles. The average molecular weight is 353 g/mol. The summed E-state index contributed by atoms with van der Waals surface area (Å²) in [6.07, 6.45) is 0. The van der Waals surface area contributed by atoms with Crippen LogP contribution in [0.4, 0.5) is 0 Å². The fourth-order valence-corrected chi connectivity index (χ4v) is 2.44. The number of hydrogen-bond acceptors (Lipinski definition) is 3. The van der Waals surface area contributed by atoms with Gasteiger partial charge in [-0.3, -0.25) is 14.4 Å². The molecule has 2 aromatic rings. The zero-order valence-electron chi connectivity index (χ0n) is 15.1. The molecule has 26 heavy (non-hydrogen) atoms. The summed E-state index contributed by atoms with van der Waals surface area (Å²) < 4.78 is 0. The van der Waals surface area contributed by atoms with Gasteiger partial charge in [-0.05, 0) is 43.7 Å². The molecule has 6 nitrogen and oxygen atoms in total. The predicted molar refractivity (Wildman–Crippen MR) is 99.8 cm³/mol. The van der Waals surface area contributed by atoms with E-state index in [1.165, 1.54) is 0 Å². The van der Waals surface area contributed by atoms with E-state index >= 15 is 0 Å². The van der Waals surface area contributed by atoms with Crippen LogP contribution in [0.3, 0.4) is 0 Å². The molecule has 1 unspecified atom stereocenters. The minimum atomic E-state index is -0.676. The largest absolute Gasteiger partial charge is 0.355 e. The summed E-state index contributed by atoms with van der Waals surface area (Å²) in [6.45, 7) is 3.80. The van der Waals surface area contributed by atoms with Crippen molar-refractivity contribution in [2.24, 2.45) is 0 Å². The Bertz CT molecular complexity index is 817. The van der Waals surface area contributed by atoms with E-state index in [0.717, 1.165) is 11.1 Å². The van der Waals surface area contributed by atoms with Crippen molar-refractivity contribution in [2.75, 3.05) is 7.05 Å². The van der Waals surface area contributed by atoms with E-state index < -0.39 is 6.04 Å². The van der Waals surface area contributed by atoms with Gasteiger partial charge in [0.05, 0.1) is 0 Å². The molecule has 0 aliphatic heterocycles. The lowest BCUT2D eigenvalue weighted by atomic mass is 10.1. The lowest BCUT2D eigenvalue weighted by Gasteiger charge is -2.14. The molecule has 0 spiro atoms. The summed E-state index contributed by atoms with van der Waals surface area (Å²) in [6, 6.07) is 13.5. The first-order valence-electron chi connectivity index (χ1n) is 8.37. The van der Waals surface area contributed by atoms with E-state index in [-0.39, 0.29) is 24.3 Å². The number of carbonyl (C=O) groups excluding carboxylic acids is 3. The fraction of sp³-hybridized carbons (Fsp3) is 0.250. The third kappa shape index (κ3) is 5.17. The minimum Gasteiger partial charge on any atom is -0.355 e. The fourth-order valence-electron chi connectivity index (χ4n) is 2.44. The van der Waals surface area contributed by atoms with Crippen LogP contribution in [0.5, 0.6) is 0 Å². The second-order valence-electron chi connectivity index (χ2n) is 6.06. The highest BCUT2D eigenvalue weighted by Gasteiger charge is 2.16. The van der Waals surface area contributed by atoms with Crippen LogP contribution in [-0.2, 0) is 11.3 Å². The Labute approximate surface area is 153 Å². The molecule has 0 aliphatic rings. The molecule has 0 saturated carbocycles. The van der Waals surface area contributed by atoms with Crippen molar-refractivity contribution in [1.29, 1.82) is 0 Å². The maximum absolute atomic E-state index is 12.2. The van der Waals surface area contributed by atoms with E-state index in [2.05, 4.69) is 16.0 Å². The van der Waals surface area contributed by atoms with Gasteiger partial charge in [0.2, 0.25) is 5.91 Å². The van der Waals surface area contributed by atoms with Crippen LogP contribution in [0.25, 0.3) is 0 Å². The molecule has 1 atom stereocenters. The molecule has 0 radical (unpaired) electrons. The number of rotatable bonds is 6. The van der Waals surface area contributed by atoms with Gasteiger partial charge in [0.25, 0.3) is 11.8 Å². The van der Waals surface area contributed by atoms with Gasteiger partial charge in [-0.1, -0.05) is 29.8 Å². The summed E-state index contributed by atoms with van der Waals surface area (Å²) in [4.78, 5) is 36.1. The van der Waals surface area contributed by atoms with Gasteiger partial charge in [-0.15, -0.1) is 0 Å². The Hall–Kier alpha value is -3.15. The van der Waals surface area contributed by atoms with Gasteiger partial charge in [-0.2, -0.15) is 0 Å². The Morgan fingerprint density at radius 1 is 0.962 bits per heavy atom. The van der Waals surface area contributed by atoms with Gasteiger partial charge in [0.1, 0.15) is 6.04 Å². The highest BCUT2D eigenvalue weighted by molar-refractivity contribution is 5.97. The Kier molecular flexibility index (Phi) is 6.49. The van der Waals surface area contributed by atoms with Crippen LogP contribution in [0.2, 0.25) is 0 Å². The summed E-state index contributed by atoms with van der Waals surface area (Å²) in [5.74, 6) is -0.772. The van der Waals surface area contributed by atoms with Crippen LogP contribution in [-0.4, -0.2) is 30.8 Å². The molecule has 0 aliphatic carbocycles. The molecule has 3 N–H and O–H groups in total. The standard InChI is InChI=1S/C20H23N3O3/c1-13-6-4-8-16(10-13)20(26)23-14(2)18(24)22-12-15-7-5-9-17(11-15)19(25)21-3/h4-11,14H,12H2,1-3H3,(H,21,25)(H,22,24)(H,23,26). The molecular formula is C20H23N3O3. The molecule has 136 valence electrons. The smallest absolute Gasteiger partial charge is 0.251 e. The van der Waals surface area contributed by atoms with Gasteiger partial charge in [0, 0.05) is 24.7 Å². The maximum atomic E-state index is 12.2. The third-order valence-electron chi connectivity index (χ3n) is 3.90. The van der Waals surface area contributed by atoms with E-state index in [4.69, 9.17) is 0 Å². The Morgan fingerprint density at radius 3 is 2.27 bits per heavy atom. The summed E-state index contributed by atoms with van der Waals surface area (Å²) in [5.41, 5.74) is 2.82. The van der Waals surface area contributed by atoms with Crippen molar-refractivity contribution in [1.82, 2.24) is 16.0 Å². The molecule has 0 fully saturated rings. The SMILES string of the molecule is CNC(=O)c1cccc(CNC(=O)C(C)NC(=O)c2cccc(C)c2)c1. The van der Waals surface area contributed by atoms with Crippen LogP contribution in [0, 0.1) is 6.92 Å². The zero-order chi connectivity index (χ0) is 19.1. The van der Waals surface area contributed by atoms with Gasteiger partial charge in [-0.25, -0.2) is 0 Å². The number of hydrogen-bond donors (Lipinski definition) is 3. The number of aryl methyl sites for hydroxylation is 1. The first-order chi connectivity index (χ1) is 12.4. The van der Waals surface area contributed by atoms with Gasteiger partial charge < -0.3 is 16.0 Å². The molecule has 0 bridgehead atoms. The maximum Gasteiger partial charge on any atom is 0.251 e. The van der Waals surface area contributed by atoms with E-state index in [1.807, 2.05) is 19.1 Å². The highest BCUT2D eigenvalue weighted by atomic mass is 16.2. The molecule has 2 rings (SSSR count). The quantitative estimate of drug-likeness (QED) is 0.740. The van der Waals surface area contributed by atoms with Crippen molar-refractivity contribution in [3.8, 4) is 0 Å². The van der Waals surface area contributed by atoms with Crippen molar-refractivity contribution in [3.05, 3.63) is 70.8 Å². The average Bonchev–Trinajstić information content (AvgIpc) is 2.65. The molecule has 6 heteroatoms. The summed E-state index contributed by atoms with van der Waals surface area (Å²) in [5, 5.41) is 8.01. The van der Waals surface area contributed by atoms with Crippen molar-refractivity contribution >= 4 is 17.7 Å². The number of nitrogens with one attached hydrogen (secondary N) is 3. The molecule has 0 aromatic heterocycles. The number of benzene rings is 2. The predicted octanol–water partition coefficient (Wildman–Crippen LogP) is 1.79. The lowest BCUT2D eigenvalue weighted by Crippen LogP contribution is -2.44. The van der Waals surface area contributed by atoms with Crippen molar-refractivity contribution < 1.29 is 14.4 Å². The van der Waals surface area contributed by atoms with E-state index in [1.54, 1.807) is 50.4 Å². The molecule has 3 amide bonds. The van der Waals surface area contributed by atoms with Crippen LogP contribution < -0.4 is 16.0 Å². The first-order valence-corrected chi connectivity index (χ1v) is 8.37. The van der Waals surface area contributed by atoms with Crippen LogP contribution in [0.15, 0.2) is 48.5 Å². The summed E-state index contributed by atoms with van der Waals surface area (Å²) >= 11 is 0. The van der Waals surface area contributed by atoms with Gasteiger partial charge in [0.15, 0.2) is 0 Å². The van der Waals surface area contributed by atoms with Crippen molar-refractivity contribution in [3.63, 3.8) is 0 Å². The Balaban J connectivity index is 1.91. The zero-order valence-corrected chi connectivity index (χ0v) is 15.1. The monoisotopic (exact) mass is 353 g/mol. The van der Waals surface area contributed by atoms with Crippen LogP contribution in [0.1, 0.15) is 38.8 Å². The third-order valence-corrected chi connectivity index (χ3v) is 3.90. The highest BCUT2D eigenvalue weighted by Crippen LogP contribution is 2.06. The summed E-state index contributed by atoms with van der Waals surface area (Å²) in [7, 11) is 1.56. The number of amides is 3. The Morgan fingerprint density at radius 2 is 1.62 bits per heavy atom. The molecular weight excluding hydrogens is 330 g/mol. The van der Waals surface area contributed by atoms with E-state index in [0.29, 0.717) is 11.1 Å². The lowest BCUT2D eigenvalue weighted by molar-refractivity contribution is -0.122. The topological polar surface area (TPSA) is 87.3 Å². The second kappa shape index (κ2) is 8.80. The molecule has 2 aromatic carbocycles. The van der Waals surface area contributed by atoms with E-state index in [9.17, 15) is 14.4 Å². The van der Waals surface area contributed by atoms with Crippen LogP contribution >= 0.6 is 0 Å². The van der Waals surface area contributed by atoms with Gasteiger partial charge >= 0.3 is 0 Å². The second-order valence-corrected chi connectivity index (χ2v) is 6.06. The number of carbonyl (C=O) groups is 3. The molecule has 0 saturated heterocycles. The first kappa shape index (κ1) is 19.2. The normalized spacial score (nSPS) is 11.3. The van der Waals surface area contributed by atoms with Crippen molar-refractivity contribution in [2.45, 2.75) is 26.4 Å². The minimum absolute atomic E-state index is 0.183.